The van der Waals surface area contributed by atoms with E-state index in [1.54, 1.807) is 4.90 Å². The molecule has 112 valence electrons. The molecule has 2 aliphatic heterocycles. The number of amides is 2. The number of likely N-dealkylation sites (tertiary alicyclic amines) is 1. The van der Waals surface area contributed by atoms with E-state index >= 15 is 0 Å². The number of ether oxygens (including phenoxy) is 1. The van der Waals surface area contributed by atoms with Crippen LogP contribution in [0.25, 0.3) is 0 Å². The Hall–Kier alpha value is -0.940. The molecule has 1 saturated carbocycles. The topological polar surface area (TPSA) is 58.6 Å². The summed E-state index contributed by atoms with van der Waals surface area (Å²) < 4.78 is 5.43. The first-order chi connectivity index (χ1) is 9.75. The molecule has 20 heavy (non-hydrogen) atoms. The standard InChI is InChI=1S/C15H24N2O3/c18-14-9-13(16-11-5-4-8-20-10-11)15(19)17(14)12-6-2-1-3-7-12/h11-13,16H,1-10H2. The highest BCUT2D eigenvalue weighted by Gasteiger charge is 2.43. The van der Waals surface area contributed by atoms with Crippen molar-refractivity contribution in [2.24, 2.45) is 0 Å². The van der Waals surface area contributed by atoms with Crippen LogP contribution in [0.3, 0.4) is 0 Å². The molecule has 0 aromatic carbocycles. The van der Waals surface area contributed by atoms with Crippen LogP contribution in [-0.2, 0) is 14.3 Å². The lowest BCUT2D eigenvalue weighted by Crippen LogP contribution is -2.49. The van der Waals surface area contributed by atoms with Crippen molar-refractivity contribution in [2.45, 2.75) is 69.5 Å². The van der Waals surface area contributed by atoms with Gasteiger partial charge in [0.2, 0.25) is 11.8 Å². The molecule has 5 heteroatoms. The summed E-state index contributed by atoms with van der Waals surface area (Å²) in [6.07, 6.45) is 7.85. The zero-order chi connectivity index (χ0) is 13.9. The van der Waals surface area contributed by atoms with Crippen LogP contribution in [-0.4, -0.2) is 48.1 Å². The van der Waals surface area contributed by atoms with E-state index < -0.39 is 0 Å². The van der Waals surface area contributed by atoms with Gasteiger partial charge in [0.25, 0.3) is 0 Å². The predicted octanol–water partition coefficient (Wildman–Crippen LogP) is 1.22. The Bertz CT molecular complexity index is 373. The minimum atomic E-state index is -0.323. The van der Waals surface area contributed by atoms with Crippen molar-refractivity contribution in [3.8, 4) is 0 Å². The zero-order valence-corrected chi connectivity index (χ0v) is 12.0. The second kappa shape index (κ2) is 6.22. The lowest BCUT2D eigenvalue weighted by atomic mass is 9.94. The summed E-state index contributed by atoms with van der Waals surface area (Å²) in [7, 11) is 0. The highest BCUT2D eigenvalue weighted by Crippen LogP contribution is 2.27. The molecule has 2 unspecified atom stereocenters. The zero-order valence-electron chi connectivity index (χ0n) is 12.0. The Kier molecular flexibility index (Phi) is 4.36. The lowest BCUT2D eigenvalue weighted by molar-refractivity contribution is -0.142. The van der Waals surface area contributed by atoms with Crippen LogP contribution in [0.2, 0.25) is 0 Å². The largest absolute Gasteiger partial charge is 0.380 e. The van der Waals surface area contributed by atoms with E-state index in [1.165, 1.54) is 6.42 Å². The van der Waals surface area contributed by atoms with Gasteiger partial charge in [-0.25, -0.2) is 0 Å². The molecule has 1 aliphatic carbocycles. The first-order valence-corrected chi connectivity index (χ1v) is 7.95. The smallest absolute Gasteiger partial charge is 0.247 e. The van der Waals surface area contributed by atoms with E-state index in [1.807, 2.05) is 0 Å². The second-order valence-electron chi connectivity index (χ2n) is 6.23. The number of carbonyl (C=O) groups excluding carboxylic acids is 2. The van der Waals surface area contributed by atoms with Crippen molar-refractivity contribution in [3.63, 3.8) is 0 Å². The summed E-state index contributed by atoms with van der Waals surface area (Å²) >= 11 is 0. The van der Waals surface area contributed by atoms with E-state index in [-0.39, 0.29) is 29.9 Å². The van der Waals surface area contributed by atoms with Gasteiger partial charge >= 0.3 is 0 Å². The third kappa shape index (κ3) is 2.88. The molecule has 0 aromatic heterocycles. The normalized spacial score (nSPS) is 32.9. The van der Waals surface area contributed by atoms with Crippen LogP contribution in [0.4, 0.5) is 0 Å². The van der Waals surface area contributed by atoms with Crippen molar-refractivity contribution in [3.05, 3.63) is 0 Å². The third-order valence-electron chi connectivity index (χ3n) is 4.72. The fourth-order valence-corrected chi connectivity index (χ4v) is 3.66. The van der Waals surface area contributed by atoms with E-state index in [9.17, 15) is 9.59 Å². The number of nitrogens with one attached hydrogen (secondary N) is 1. The van der Waals surface area contributed by atoms with Gasteiger partial charge in [0.05, 0.1) is 19.1 Å². The minimum absolute atomic E-state index is 0.00697. The Morgan fingerprint density at radius 2 is 1.85 bits per heavy atom. The molecular formula is C15H24N2O3. The van der Waals surface area contributed by atoms with Gasteiger partial charge in [-0.05, 0) is 25.7 Å². The maximum Gasteiger partial charge on any atom is 0.247 e. The average molecular weight is 280 g/mol. The van der Waals surface area contributed by atoms with Gasteiger partial charge in [0.15, 0.2) is 0 Å². The van der Waals surface area contributed by atoms with Gasteiger partial charge in [0.1, 0.15) is 0 Å². The number of nitrogens with zero attached hydrogens (tertiary/aromatic N) is 1. The SMILES string of the molecule is O=C1CC(NC2CCCOC2)C(=O)N1C1CCCCC1. The highest BCUT2D eigenvalue weighted by atomic mass is 16.5. The quantitative estimate of drug-likeness (QED) is 0.790. The van der Waals surface area contributed by atoms with Crippen molar-refractivity contribution < 1.29 is 14.3 Å². The van der Waals surface area contributed by atoms with Crippen molar-refractivity contribution in [1.29, 1.82) is 0 Å². The molecule has 2 atom stereocenters. The molecule has 0 aromatic rings. The molecule has 0 bridgehead atoms. The number of imide groups is 1. The van der Waals surface area contributed by atoms with Crippen molar-refractivity contribution in [2.75, 3.05) is 13.2 Å². The number of carbonyl (C=O) groups is 2. The van der Waals surface area contributed by atoms with Crippen LogP contribution < -0.4 is 5.32 Å². The predicted molar refractivity (Wildman–Crippen MR) is 74.1 cm³/mol. The summed E-state index contributed by atoms with van der Waals surface area (Å²) in [5, 5.41) is 3.33. The highest BCUT2D eigenvalue weighted by molar-refractivity contribution is 6.05. The Morgan fingerprint density at radius 3 is 2.55 bits per heavy atom. The first-order valence-electron chi connectivity index (χ1n) is 7.95. The van der Waals surface area contributed by atoms with Gasteiger partial charge in [-0.2, -0.15) is 0 Å². The van der Waals surface area contributed by atoms with Gasteiger partial charge < -0.3 is 10.1 Å². The van der Waals surface area contributed by atoms with Gasteiger partial charge in [-0.15, -0.1) is 0 Å². The van der Waals surface area contributed by atoms with Gasteiger partial charge in [-0.3, -0.25) is 14.5 Å². The summed E-state index contributed by atoms with van der Waals surface area (Å²) in [5.41, 5.74) is 0. The molecule has 2 amide bonds. The number of hydrogen-bond acceptors (Lipinski definition) is 4. The monoisotopic (exact) mass is 280 g/mol. The van der Waals surface area contributed by atoms with Crippen LogP contribution in [0, 0.1) is 0 Å². The minimum Gasteiger partial charge on any atom is -0.380 e. The molecule has 0 spiro atoms. The lowest BCUT2D eigenvalue weighted by Gasteiger charge is -2.30. The molecule has 2 saturated heterocycles. The van der Waals surface area contributed by atoms with Gasteiger partial charge in [0, 0.05) is 18.7 Å². The molecule has 3 fully saturated rings. The summed E-state index contributed by atoms with van der Waals surface area (Å²) in [6, 6.07) is 0.0473. The molecule has 5 nitrogen and oxygen atoms in total. The van der Waals surface area contributed by atoms with Crippen LogP contribution in [0.5, 0.6) is 0 Å². The third-order valence-corrected chi connectivity index (χ3v) is 4.72. The van der Waals surface area contributed by atoms with Crippen molar-refractivity contribution >= 4 is 11.8 Å². The number of hydrogen-bond donors (Lipinski definition) is 1. The van der Waals surface area contributed by atoms with E-state index in [4.69, 9.17) is 4.74 Å². The second-order valence-corrected chi connectivity index (χ2v) is 6.23. The Balaban J connectivity index is 1.60. The van der Waals surface area contributed by atoms with Crippen LogP contribution >= 0.6 is 0 Å². The van der Waals surface area contributed by atoms with Crippen LogP contribution in [0.15, 0.2) is 0 Å². The molecule has 2 heterocycles. The number of rotatable bonds is 3. The maximum absolute atomic E-state index is 12.5. The Labute approximate surface area is 120 Å². The maximum atomic E-state index is 12.5. The summed E-state index contributed by atoms with van der Waals surface area (Å²) in [5.74, 6) is 0.00333. The molecular weight excluding hydrogens is 256 g/mol. The van der Waals surface area contributed by atoms with E-state index in [0.29, 0.717) is 13.0 Å². The van der Waals surface area contributed by atoms with Crippen molar-refractivity contribution in [1.82, 2.24) is 10.2 Å². The molecule has 3 rings (SSSR count). The fraction of sp³-hybridized carbons (Fsp3) is 0.867. The van der Waals surface area contributed by atoms with E-state index in [0.717, 1.165) is 45.1 Å². The molecule has 0 radical (unpaired) electrons. The van der Waals surface area contributed by atoms with Gasteiger partial charge in [-0.1, -0.05) is 19.3 Å². The fourth-order valence-electron chi connectivity index (χ4n) is 3.66. The Morgan fingerprint density at radius 1 is 1.05 bits per heavy atom. The summed E-state index contributed by atoms with van der Waals surface area (Å²) in [6.45, 7) is 1.46. The molecule has 3 aliphatic rings. The van der Waals surface area contributed by atoms with E-state index in [2.05, 4.69) is 5.32 Å². The summed E-state index contributed by atoms with van der Waals surface area (Å²) in [4.78, 5) is 26.2. The van der Waals surface area contributed by atoms with Crippen LogP contribution in [0.1, 0.15) is 51.4 Å². The average Bonchev–Trinajstić information content (AvgIpc) is 2.75. The molecule has 1 N–H and O–H groups in total. The first kappa shape index (κ1) is 14.0.